The molecule has 0 aliphatic carbocycles. The molecule has 2 aromatic heterocycles. The number of hydrogen-bond donors (Lipinski definition) is 0. The number of methoxy groups -OCH3 is 1. The molecule has 2 heterocycles. The maximum absolute atomic E-state index is 13.7. The number of hydrogen-bond acceptors (Lipinski definition) is 6. The van der Waals surface area contributed by atoms with Crippen LogP contribution >= 0.6 is 0 Å². The van der Waals surface area contributed by atoms with E-state index in [0.717, 1.165) is 0 Å². The van der Waals surface area contributed by atoms with E-state index in [-0.39, 0.29) is 5.78 Å². The summed E-state index contributed by atoms with van der Waals surface area (Å²) in [6.07, 6.45) is 0. The molecule has 4 rings (SSSR count). The first-order chi connectivity index (χ1) is 12.9. The van der Waals surface area contributed by atoms with Crippen LogP contribution in [0.15, 0.2) is 48.5 Å². The Hall–Kier alpha value is -3.13. The van der Waals surface area contributed by atoms with Gasteiger partial charge in [0.1, 0.15) is 11.0 Å². The van der Waals surface area contributed by atoms with Gasteiger partial charge in [0.2, 0.25) is 5.78 Å². The van der Waals surface area contributed by atoms with Crippen molar-refractivity contribution < 1.29 is 9.53 Å². The van der Waals surface area contributed by atoms with Crippen LogP contribution in [0.1, 0.15) is 20.8 Å². The van der Waals surface area contributed by atoms with Gasteiger partial charge in [0.15, 0.2) is 0 Å². The molecular formula is C19H20N6O2. The maximum atomic E-state index is 13.7. The summed E-state index contributed by atoms with van der Waals surface area (Å²) in [5.41, 5.74) is 1.90. The summed E-state index contributed by atoms with van der Waals surface area (Å²) in [6, 6.07) is 14.8. The fourth-order valence-electron chi connectivity index (χ4n) is 3.22. The number of aromatic nitrogens is 6. The first-order valence-corrected chi connectivity index (χ1v) is 8.61. The number of ether oxygens (including phenoxy) is 1. The Bertz CT molecular complexity index is 1060. The number of ketones is 1. The molecule has 0 atom stereocenters. The van der Waals surface area contributed by atoms with E-state index >= 15 is 0 Å². The van der Waals surface area contributed by atoms with Crippen LogP contribution in [0.3, 0.4) is 0 Å². The third kappa shape index (κ3) is 2.44. The van der Waals surface area contributed by atoms with Crippen LogP contribution in [0, 0.1) is 5.41 Å². The quantitative estimate of drug-likeness (QED) is 0.553. The van der Waals surface area contributed by atoms with E-state index in [1.807, 2.05) is 69.3 Å². The summed E-state index contributed by atoms with van der Waals surface area (Å²) in [7, 11) is 1.47. The van der Waals surface area contributed by atoms with Crippen molar-refractivity contribution >= 4 is 27.9 Å². The number of carbonyl (C=O) groups excluding carboxylic acids is 1. The molecule has 27 heavy (non-hydrogen) atoms. The van der Waals surface area contributed by atoms with Crippen LogP contribution in [-0.4, -0.2) is 42.9 Å². The number of benzene rings is 2. The smallest absolute Gasteiger partial charge is 0.325 e. The van der Waals surface area contributed by atoms with E-state index in [2.05, 4.69) is 20.6 Å². The second-order valence-corrected chi connectivity index (χ2v) is 7.37. The van der Waals surface area contributed by atoms with E-state index < -0.39 is 11.3 Å². The largest absolute Gasteiger partial charge is 0.333 e. The molecule has 138 valence electrons. The molecule has 0 spiro atoms. The molecule has 0 saturated heterocycles. The van der Waals surface area contributed by atoms with Gasteiger partial charge in [-0.15, -0.1) is 10.2 Å². The highest BCUT2D eigenvalue weighted by Crippen LogP contribution is 2.34. The van der Waals surface area contributed by atoms with Gasteiger partial charge in [-0.05, 0) is 24.3 Å². The topological polar surface area (TPSA) is 87.7 Å². The van der Waals surface area contributed by atoms with Crippen LogP contribution in [0.2, 0.25) is 0 Å². The van der Waals surface area contributed by atoms with E-state index in [4.69, 9.17) is 4.74 Å². The summed E-state index contributed by atoms with van der Waals surface area (Å²) >= 11 is 0. The fraction of sp³-hybridized carbons (Fsp3) is 0.316. The number of nitrogens with zero attached hydrogens (tertiary/aromatic N) is 6. The molecule has 0 unspecified atom stereocenters. The van der Waals surface area contributed by atoms with E-state index in [1.54, 1.807) is 0 Å². The lowest BCUT2D eigenvalue weighted by Gasteiger charge is -2.35. The van der Waals surface area contributed by atoms with Crippen molar-refractivity contribution in [1.29, 1.82) is 0 Å². The lowest BCUT2D eigenvalue weighted by molar-refractivity contribution is -0.174. The van der Waals surface area contributed by atoms with Crippen molar-refractivity contribution in [3.63, 3.8) is 0 Å². The van der Waals surface area contributed by atoms with Crippen LogP contribution in [0.25, 0.3) is 22.1 Å². The number of rotatable bonds is 4. The second-order valence-electron chi connectivity index (χ2n) is 7.37. The molecule has 0 amide bonds. The number of fused-ring (bicyclic) bond motifs is 2. The average Bonchev–Trinajstić information content (AvgIpc) is 3.28. The number of carbonyl (C=O) groups is 1. The first kappa shape index (κ1) is 17.3. The summed E-state index contributed by atoms with van der Waals surface area (Å²) in [5.74, 6) is -1.88. The molecule has 8 nitrogen and oxygen atoms in total. The van der Waals surface area contributed by atoms with Crippen molar-refractivity contribution in [2.45, 2.75) is 26.6 Å². The molecule has 4 aromatic rings. The van der Waals surface area contributed by atoms with Gasteiger partial charge in [-0.3, -0.25) is 4.79 Å². The zero-order valence-electron chi connectivity index (χ0n) is 15.6. The van der Waals surface area contributed by atoms with Crippen molar-refractivity contribution in [3.8, 4) is 0 Å². The van der Waals surface area contributed by atoms with Crippen molar-refractivity contribution in [3.05, 3.63) is 48.5 Å². The Labute approximate surface area is 155 Å². The van der Waals surface area contributed by atoms with Gasteiger partial charge in [-0.1, -0.05) is 55.5 Å². The van der Waals surface area contributed by atoms with Gasteiger partial charge in [0, 0.05) is 12.5 Å². The zero-order chi connectivity index (χ0) is 19.2. The Balaban J connectivity index is 2.11. The van der Waals surface area contributed by atoms with Crippen LogP contribution in [0.4, 0.5) is 0 Å². The van der Waals surface area contributed by atoms with E-state index in [9.17, 15) is 4.79 Å². The summed E-state index contributed by atoms with van der Waals surface area (Å²) < 4.78 is 8.87. The predicted molar refractivity (Wildman–Crippen MR) is 99.9 cm³/mol. The third-order valence-corrected chi connectivity index (χ3v) is 4.54. The van der Waals surface area contributed by atoms with Crippen LogP contribution < -0.4 is 0 Å². The highest BCUT2D eigenvalue weighted by Gasteiger charge is 2.51. The maximum Gasteiger partial charge on any atom is 0.325 e. The molecule has 0 aliphatic rings. The van der Waals surface area contributed by atoms with E-state index in [1.165, 1.54) is 16.5 Å². The fourth-order valence-corrected chi connectivity index (χ4v) is 3.22. The lowest BCUT2D eigenvalue weighted by atomic mass is 9.87. The van der Waals surface area contributed by atoms with Gasteiger partial charge >= 0.3 is 5.85 Å². The molecule has 0 saturated carbocycles. The van der Waals surface area contributed by atoms with Gasteiger partial charge in [-0.2, -0.15) is 9.36 Å². The Morgan fingerprint density at radius 2 is 1.30 bits per heavy atom. The third-order valence-electron chi connectivity index (χ3n) is 4.54. The summed E-state index contributed by atoms with van der Waals surface area (Å²) in [6.45, 7) is 5.50. The minimum absolute atomic E-state index is 0.219. The molecule has 0 radical (unpaired) electrons. The van der Waals surface area contributed by atoms with Crippen molar-refractivity contribution in [1.82, 2.24) is 30.0 Å². The lowest BCUT2D eigenvalue weighted by Crippen LogP contribution is -2.55. The molecule has 2 aromatic carbocycles. The van der Waals surface area contributed by atoms with Crippen LogP contribution in [0.5, 0.6) is 0 Å². The van der Waals surface area contributed by atoms with E-state index in [0.29, 0.717) is 22.1 Å². The van der Waals surface area contributed by atoms with Crippen molar-refractivity contribution in [2.75, 3.05) is 7.11 Å². The molecule has 8 heteroatoms. The molecule has 0 fully saturated rings. The average molecular weight is 364 g/mol. The minimum Gasteiger partial charge on any atom is -0.333 e. The number of Topliss-reactive ketones (excluding diaryl/α,β-unsaturated/α-hetero) is 1. The normalized spacial score (nSPS) is 12.7. The minimum atomic E-state index is -1.66. The molecule has 0 bridgehead atoms. The molecular weight excluding hydrogens is 344 g/mol. The zero-order valence-corrected chi connectivity index (χ0v) is 15.6. The van der Waals surface area contributed by atoms with Gasteiger partial charge < -0.3 is 4.74 Å². The summed E-state index contributed by atoms with van der Waals surface area (Å²) in [4.78, 5) is 13.7. The van der Waals surface area contributed by atoms with Gasteiger partial charge in [0.05, 0.1) is 11.0 Å². The monoisotopic (exact) mass is 364 g/mol. The Morgan fingerprint density at radius 1 is 0.852 bits per heavy atom. The highest BCUT2D eigenvalue weighted by atomic mass is 16.5. The Kier molecular flexibility index (Phi) is 3.81. The SMILES string of the molecule is COC(C(=O)C(C)(C)C)(n1nnc2ccccc21)n1nnc2ccccc21. The predicted octanol–water partition coefficient (Wildman–Crippen LogP) is 2.60. The first-order valence-electron chi connectivity index (χ1n) is 8.61. The Morgan fingerprint density at radius 3 is 1.70 bits per heavy atom. The standard InChI is InChI=1S/C19H20N6O2/c1-18(2,3)17(26)19(27-4,24-15-11-7-5-9-13(15)20-22-24)25-16-12-8-6-10-14(16)21-23-25/h5-12H,1-4H3. The molecule has 0 N–H and O–H groups in total. The highest BCUT2D eigenvalue weighted by molar-refractivity contribution is 5.92. The number of para-hydroxylation sites is 2. The van der Waals surface area contributed by atoms with Gasteiger partial charge in [-0.25, -0.2) is 0 Å². The van der Waals surface area contributed by atoms with Crippen LogP contribution in [-0.2, 0) is 15.4 Å². The van der Waals surface area contributed by atoms with Gasteiger partial charge in [0.25, 0.3) is 0 Å². The van der Waals surface area contributed by atoms with Crippen molar-refractivity contribution in [2.24, 2.45) is 5.41 Å². The summed E-state index contributed by atoms with van der Waals surface area (Å²) in [5, 5.41) is 16.9. The second kappa shape index (κ2) is 5.95. The molecule has 0 aliphatic heterocycles.